The van der Waals surface area contributed by atoms with Gasteiger partial charge in [0.25, 0.3) is 0 Å². The molecule has 1 atom stereocenters. The summed E-state index contributed by atoms with van der Waals surface area (Å²) in [6.45, 7) is 8.13. The fourth-order valence-electron chi connectivity index (χ4n) is 3.02. The fraction of sp³-hybridized carbons (Fsp3) is 0.348. The normalized spacial score (nSPS) is 12.0. The summed E-state index contributed by atoms with van der Waals surface area (Å²) >= 11 is 3.20. The molecule has 3 rings (SSSR count). The minimum absolute atomic E-state index is 0.00141. The molecule has 0 aliphatic carbocycles. The van der Waals surface area contributed by atoms with Crippen LogP contribution in [0.5, 0.6) is 0 Å². The largest absolute Gasteiger partial charge is 0.325 e. The molecule has 1 unspecified atom stereocenters. The van der Waals surface area contributed by atoms with E-state index in [0.717, 1.165) is 33.5 Å². The molecule has 0 aliphatic rings. The molecule has 5 nitrogen and oxygen atoms in total. The van der Waals surface area contributed by atoms with E-state index in [0.29, 0.717) is 6.42 Å². The molecule has 7 heteroatoms. The van der Waals surface area contributed by atoms with Crippen LogP contribution in [0.15, 0.2) is 52.5 Å². The Hall–Kier alpha value is -2.25. The zero-order chi connectivity index (χ0) is 21.7. The first-order valence-electron chi connectivity index (χ1n) is 10.0. The SMILES string of the molecule is CCC(Sc1nnc(CSc2ccc(C)cc2)n1C)C(=O)Nc1c(C)cccc1C. The average molecular weight is 441 g/mol. The number of aryl methyl sites for hydroxylation is 3. The Balaban J connectivity index is 1.65. The van der Waals surface area contributed by atoms with Crippen LogP contribution in [-0.2, 0) is 17.6 Å². The molecule has 0 radical (unpaired) electrons. The van der Waals surface area contributed by atoms with Gasteiger partial charge in [0.2, 0.25) is 5.91 Å². The molecule has 0 spiro atoms. The van der Waals surface area contributed by atoms with Crippen molar-refractivity contribution in [2.24, 2.45) is 7.05 Å². The molecular weight excluding hydrogens is 412 g/mol. The van der Waals surface area contributed by atoms with Crippen LogP contribution in [0, 0.1) is 20.8 Å². The van der Waals surface area contributed by atoms with E-state index >= 15 is 0 Å². The number of hydrogen-bond acceptors (Lipinski definition) is 5. The van der Waals surface area contributed by atoms with Gasteiger partial charge in [-0.25, -0.2) is 0 Å². The first-order valence-corrected chi connectivity index (χ1v) is 11.9. The van der Waals surface area contributed by atoms with E-state index in [-0.39, 0.29) is 11.2 Å². The van der Waals surface area contributed by atoms with Crippen LogP contribution in [0.1, 0.15) is 35.9 Å². The highest BCUT2D eigenvalue weighted by Gasteiger charge is 2.22. The van der Waals surface area contributed by atoms with Crippen LogP contribution in [0.4, 0.5) is 5.69 Å². The Bertz CT molecular complexity index is 994. The van der Waals surface area contributed by atoms with Crippen molar-refractivity contribution < 1.29 is 4.79 Å². The van der Waals surface area contributed by atoms with Crippen LogP contribution in [0.2, 0.25) is 0 Å². The van der Waals surface area contributed by atoms with E-state index in [9.17, 15) is 4.79 Å². The van der Waals surface area contributed by atoms with E-state index in [2.05, 4.69) is 46.7 Å². The van der Waals surface area contributed by atoms with Crippen LogP contribution >= 0.6 is 23.5 Å². The van der Waals surface area contributed by atoms with Crippen LogP contribution in [-0.4, -0.2) is 25.9 Å². The quantitative estimate of drug-likeness (QED) is 0.466. The van der Waals surface area contributed by atoms with E-state index < -0.39 is 0 Å². The summed E-state index contributed by atoms with van der Waals surface area (Å²) in [5.74, 6) is 1.63. The summed E-state index contributed by atoms with van der Waals surface area (Å²) in [4.78, 5) is 14.1. The maximum absolute atomic E-state index is 12.9. The summed E-state index contributed by atoms with van der Waals surface area (Å²) in [5, 5.41) is 12.3. The van der Waals surface area contributed by atoms with Gasteiger partial charge in [0.1, 0.15) is 5.82 Å². The highest BCUT2D eigenvalue weighted by Crippen LogP contribution is 2.28. The molecule has 158 valence electrons. The molecule has 0 saturated carbocycles. The molecule has 1 heterocycles. The van der Waals surface area contributed by atoms with Gasteiger partial charge >= 0.3 is 0 Å². The molecule has 30 heavy (non-hydrogen) atoms. The number of nitrogens with one attached hydrogen (secondary N) is 1. The zero-order valence-electron chi connectivity index (χ0n) is 18.1. The minimum atomic E-state index is -0.232. The van der Waals surface area contributed by atoms with Crippen molar-refractivity contribution in [1.29, 1.82) is 0 Å². The number of rotatable bonds is 8. The van der Waals surface area contributed by atoms with Gasteiger partial charge in [-0.15, -0.1) is 22.0 Å². The Labute approximate surface area is 187 Å². The number of aromatic nitrogens is 3. The van der Waals surface area contributed by atoms with E-state index in [1.807, 2.05) is 50.6 Å². The third-order valence-corrected chi connectivity index (χ3v) is 7.36. The smallest absolute Gasteiger partial charge is 0.237 e. The summed E-state index contributed by atoms with van der Waals surface area (Å²) < 4.78 is 1.99. The second-order valence-corrected chi connectivity index (χ2v) is 9.55. The number of benzene rings is 2. The Morgan fingerprint density at radius 2 is 1.73 bits per heavy atom. The number of carbonyl (C=O) groups is 1. The van der Waals surface area contributed by atoms with Crippen LogP contribution in [0.3, 0.4) is 0 Å². The van der Waals surface area contributed by atoms with Crippen molar-refractivity contribution in [3.8, 4) is 0 Å². The van der Waals surface area contributed by atoms with Gasteiger partial charge in [0, 0.05) is 17.6 Å². The molecule has 0 fully saturated rings. The van der Waals surface area contributed by atoms with E-state index in [4.69, 9.17) is 0 Å². The van der Waals surface area contributed by atoms with Crippen molar-refractivity contribution in [3.05, 3.63) is 65.0 Å². The standard InChI is InChI=1S/C23H28N4OS2/c1-6-19(22(28)24-21-16(3)8-7-9-17(21)4)30-23-26-25-20(27(23)5)14-29-18-12-10-15(2)11-13-18/h7-13,19H,6,14H2,1-5H3,(H,24,28). The lowest BCUT2D eigenvalue weighted by Crippen LogP contribution is -2.25. The topological polar surface area (TPSA) is 59.8 Å². The number of nitrogens with zero attached hydrogens (tertiary/aromatic N) is 3. The van der Waals surface area contributed by atoms with Crippen molar-refractivity contribution in [2.45, 2.75) is 55.2 Å². The second kappa shape index (κ2) is 10.2. The lowest BCUT2D eigenvalue weighted by Gasteiger charge is -2.17. The minimum Gasteiger partial charge on any atom is -0.325 e. The summed E-state index contributed by atoms with van der Waals surface area (Å²) in [5.41, 5.74) is 4.28. The Morgan fingerprint density at radius 3 is 2.37 bits per heavy atom. The molecule has 1 N–H and O–H groups in total. The number of amides is 1. The molecule has 0 bridgehead atoms. The zero-order valence-corrected chi connectivity index (χ0v) is 19.7. The maximum Gasteiger partial charge on any atom is 0.237 e. The van der Waals surface area contributed by atoms with Crippen LogP contribution in [0.25, 0.3) is 0 Å². The van der Waals surface area contributed by atoms with Crippen molar-refractivity contribution >= 4 is 35.1 Å². The highest BCUT2D eigenvalue weighted by atomic mass is 32.2. The van der Waals surface area contributed by atoms with Gasteiger partial charge < -0.3 is 9.88 Å². The monoisotopic (exact) mass is 440 g/mol. The Morgan fingerprint density at radius 1 is 1.07 bits per heavy atom. The van der Waals surface area contributed by atoms with Crippen molar-refractivity contribution in [3.63, 3.8) is 0 Å². The Kier molecular flexibility index (Phi) is 7.61. The number of hydrogen-bond donors (Lipinski definition) is 1. The van der Waals surface area contributed by atoms with Gasteiger partial charge in [-0.1, -0.05) is 54.6 Å². The van der Waals surface area contributed by atoms with Gasteiger partial charge in [-0.3, -0.25) is 4.79 Å². The maximum atomic E-state index is 12.9. The first kappa shape index (κ1) is 22.4. The predicted molar refractivity (Wildman–Crippen MR) is 126 cm³/mol. The first-order chi connectivity index (χ1) is 14.4. The van der Waals surface area contributed by atoms with Gasteiger partial charge in [-0.2, -0.15) is 0 Å². The number of carbonyl (C=O) groups excluding carboxylic acids is 1. The molecule has 1 amide bonds. The van der Waals surface area contributed by atoms with Crippen molar-refractivity contribution in [1.82, 2.24) is 14.8 Å². The molecule has 0 saturated heterocycles. The third-order valence-electron chi connectivity index (χ3n) is 4.95. The fourth-order valence-corrected chi connectivity index (χ4v) is 4.83. The van der Waals surface area contributed by atoms with Gasteiger partial charge in [-0.05, 0) is 50.5 Å². The highest BCUT2D eigenvalue weighted by molar-refractivity contribution is 8.00. The lowest BCUT2D eigenvalue weighted by atomic mass is 10.1. The lowest BCUT2D eigenvalue weighted by molar-refractivity contribution is -0.115. The molecule has 3 aromatic rings. The number of anilines is 1. The van der Waals surface area contributed by atoms with Gasteiger partial charge in [0.05, 0.1) is 11.0 Å². The second-order valence-electron chi connectivity index (χ2n) is 7.33. The third kappa shape index (κ3) is 5.46. The van der Waals surface area contributed by atoms with E-state index in [1.165, 1.54) is 22.2 Å². The summed E-state index contributed by atoms with van der Waals surface area (Å²) in [6, 6.07) is 14.5. The number of para-hydroxylation sites is 1. The molecule has 0 aliphatic heterocycles. The van der Waals surface area contributed by atoms with Crippen LogP contribution < -0.4 is 5.32 Å². The summed E-state index contributed by atoms with van der Waals surface area (Å²) in [6.07, 6.45) is 0.710. The number of thioether (sulfide) groups is 2. The van der Waals surface area contributed by atoms with Gasteiger partial charge in [0.15, 0.2) is 5.16 Å². The van der Waals surface area contributed by atoms with Crippen molar-refractivity contribution in [2.75, 3.05) is 5.32 Å². The summed E-state index contributed by atoms with van der Waals surface area (Å²) in [7, 11) is 1.96. The average Bonchev–Trinajstić information content (AvgIpc) is 3.07. The molecular formula is C23H28N4OS2. The molecule has 1 aromatic heterocycles. The molecule has 2 aromatic carbocycles. The van der Waals surface area contributed by atoms with E-state index in [1.54, 1.807) is 11.8 Å². The predicted octanol–water partition coefficient (Wildman–Crippen LogP) is 5.54.